The third-order valence-electron chi connectivity index (χ3n) is 4.51. The van der Waals surface area contributed by atoms with E-state index in [1.807, 2.05) is 19.1 Å². The van der Waals surface area contributed by atoms with Gasteiger partial charge in [0, 0.05) is 38.0 Å². The van der Waals surface area contributed by atoms with Crippen molar-refractivity contribution in [2.24, 2.45) is 0 Å². The molecule has 1 aromatic carbocycles. The fraction of sp³-hybridized carbons (Fsp3) is 0.474. The van der Waals surface area contributed by atoms with Crippen LogP contribution in [0.3, 0.4) is 0 Å². The van der Waals surface area contributed by atoms with Gasteiger partial charge in [0.25, 0.3) is 0 Å². The number of aromatic nitrogens is 2. The number of fused-ring (bicyclic) bond motifs is 1. The standard InChI is InChI=1S/C19H26N4O2/c1-13-10-18(22-19(21-13)20-7-3-9-24)23-8-6-16-11-15(14(2)25)4-5-17(16)12-23/h4-5,10-11,14,24-25H,3,6-9,12H2,1-2H3,(H,20,21,22)/t14-/m0/s1. The van der Waals surface area contributed by atoms with Crippen LogP contribution in [-0.2, 0) is 13.0 Å². The number of benzene rings is 1. The monoisotopic (exact) mass is 342 g/mol. The Labute approximate surface area is 148 Å². The van der Waals surface area contributed by atoms with Gasteiger partial charge in [0.05, 0.1) is 6.10 Å². The Balaban J connectivity index is 1.77. The lowest BCUT2D eigenvalue weighted by molar-refractivity contribution is 0.199. The topological polar surface area (TPSA) is 81.5 Å². The summed E-state index contributed by atoms with van der Waals surface area (Å²) in [7, 11) is 0. The van der Waals surface area contributed by atoms with Gasteiger partial charge in [0.15, 0.2) is 0 Å². The molecular formula is C19H26N4O2. The van der Waals surface area contributed by atoms with Crippen LogP contribution in [0.2, 0.25) is 0 Å². The van der Waals surface area contributed by atoms with Gasteiger partial charge in [-0.2, -0.15) is 4.98 Å². The van der Waals surface area contributed by atoms with Crippen LogP contribution in [0.25, 0.3) is 0 Å². The first-order valence-electron chi connectivity index (χ1n) is 8.82. The molecule has 134 valence electrons. The fourth-order valence-corrected chi connectivity index (χ4v) is 3.10. The van der Waals surface area contributed by atoms with Crippen molar-refractivity contribution >= 4 is 11.8 Å². The molecule has 0 radical (unpaired) electrons. The number of nitrogens with zero attached hydrogens (tertiary/aromatic N) is 3. The molecule has 25 heavy (non-hydrogen) atoms. The lowest BCUT2D eigenvalue weighted by Crippen LogP contribution is -2.31. The molecule has 0 unspecified atom stereocenters. The summed E-state index contributed by atoms with van der Waals surface area (Å²) in [5.74, 6) is 1.53. The van der Waals surface area contributed by atoms with E-state index in [2.05, 4.69) is 32.3 Å². The number of anilines is 2. The lowest BCUT2D eigenvalue weighted by atomic mass is 9.96. The van der Waals surface area contributed by atoms with Gasteiger partial charge in [-0.25, -0.2) is 4.98 Å². The van der Waals surface area contributed by atoms with Gasteiger partial charge >= 0.3 is 0 Å². The Morgan fingerprint density at radius 1 is 1.24 bits per heavy atom. The van der Waals surface area contributed by atoms with Crippen LogP contribution in [0.1, 0.15) is 41.8 Å². The third kappa shape index (κ3) is 4.27. The maximum atomic E-state index is 9.76. The lowest BCUT2D eigenvalue weighted by Gasteiger charge is -2.30. The van der Waals surface area contributed by atoms with E-state index < -0.39 is 6.10 Å². The van der Waals surface area contributed by atoms with E-state index in [1.54, 1.807) is 6.92 Å². The van der Waals surface area contributed by atoms with Crippen LogP contribution in [0.15, 0.2) is 24.3 Å². The summed E-state index contributed by atoms with van der Waals surface area (Å²) in [6.45, 7) is 6.28. The first-order chi connectivity index (χ1) is 12.1. The largest absolute Gasteiger partial charge is 0.396 e. The molecule has 6 heteroatoms. The van der Waals surface area contributed by atoms with Gasteiger partial charge in [-0.3, -0.25) is 0 Å². The highest BCUT2D eigenvalue weighted by Gasteiger charge is 2.19. The molecule has 0 saturated heterocycles. The minimum Gasteiger partial charge on any atom is -0.396 e. The van der Waals surface area contributed by atoms with Crippen molar-refractivity contribution in [2.45, 2.75) is 39.3 Å². The zero-order valence-corrected chi connectivity index (χ0v) is 14.9. The summed E-state index contributed by atoms with van der Waals surface area (Å²) in [5.41, 5.74) is 4.48. The summed E-state index contributed by atoms with van der Waals surface area (Å²) < 4.78 is 0. The van der Waals surface area contributed by atoms with E-state index in [1.165, 1.54) is 11.1 Å². The van der Waals surface area contributed by atoms with Gasteiger partial charge < -0.3 is 20.4 Å². The van der Waals surface area contributed by atoms with Gasteiger partial charge in [0.2, 0.25) is 5.95 Å². The van der Waals surface area contributed by atoms with Crippen LogP contribution in [0.5, 0.6) is 0 Å². The van der Waals surface area contributed by atoms with E-state index in [0.717, 1.165) is 36.6 Å². The molecule has 0 bridgehead atoms. The minimum atomic E-state index is -0.430. The van der Waals surface area contributed by atoms with E-state index in [4.69, 9.17) is 5.11 Å². The molecule has 1 aliphatic heterocycles. The van der Waals surface area contributed by atoms with Crippen molar-refractivity contribution in [3.05, 3.63) is 46.6 Å². The maximum Gasteiger partial charge on any atom is 0.224 e. The van der Waals surface area contributed by atoms with Crippen molar-refractivity contribution in [2.75, 3.05) is 29.9 Å². The Morgan fingerprint density at radius 3 is 2.84 bits per heavy atom. The SMILES string of the molecule is Cc1cc(N2CCc3cc([C@H](C)O)ccc3C2)nc(NCCCO)n1. The summed E-state index contributed by atoms with van der Waals surface area (Å²) in [5, 5.41) is 21.8. The highest BCUT2D eigenvalue weighted by molar-refractivity contribution is 5.48. The van der Waals surface area contributed by atoms with Gasteiger partial charge in [0.1, 0.15) is 5.82 Å². The molecule has 1 atom stereocenters. The molecule has 0 spiro atoms. The summed E-state index contributed by atoms with van der Waals surface area (Å²) in [4.78, 5) is 11.3. The zero-order chi connectivity index (χ0) is 17.8. The first kappa shape index (κ1) is 17.6. The number of aliphatic hydroxyl groups excluding tert-OH is 2. The normalized spacial score (nSPS) is 15.0. The molecule has 2 heterocycles. The maximum absolute atomic E-state index is 9.76. The molecule has 1 aromatic heterocycles. The van der Waals surface area contributed by atoms with Crippen molar-refractivity contribution in [1.82, 2.24) is 9.97 Å². The Kier molecular flexibility index (Phi) is 5.50. The molecule has 1 aliphatic rings. The average molecular weight is 342 g/mol. The van der Waals surface area contributed by atoms with E-state index in [9.17, 15) is 5.11 Å². The molecule has 0 aliphatic carbocycles. The highest BCUT2D eigenvalue weighted by Crippen LogP contribution is 2.26. The fourth-order valence-electron chi connectivity index (χ4n) is 3.10. The predicted molar refractivity (Wildman–Crippen MR) is 98.8 cm³/mol. The second-order valence-electron chi connectivity index (χ2n) is 6.57. The second kappa shape index (κ2) is 7.80. The minimum absolute atomic E-state index is 0.156. The third-order valence-corrected chi connectivity index (χ3v) is 4.51. The van der Waals surface area contributed by atoms with Crippen LogP contribution in [-0.4, -0.2) is 39.9 Å². The van der Waals surface area contributed by atoms with Crippen molar-refractivity contribution in [3.8, 4) is 0 Å². The van der Waals surface area contributed by atoms with Crippen LogP contribution in [0.4, 0.5) is 11.8 Å². The van der Waals surface area contributed by atoms with Crippen LogP contribution in [0, 0.1) is 6.92 Å². The zero-order valence-electron chi connectivity index (χ0n) is 14.9. The Morgan fingerprint density at radius 2 is 2.08 bits per heavy atom. The van der Waals surface area contributed by atoms with Crippen molar-refractivity contribution in [3.63, 3.8) is 0 Å². The number of aryl methyl sites for hydroxylation is 1. The summed E-state index contributed by atoms with van der Waals surface area (Å²) >= 11 is 0. The predicted octanol–water partition coefficient (Wildman–Crippen LogP) is 2.20. The second-order valence-corrected chi connectivity index (χ2v) is 6.57. The molecule has 6 nitrogen and oxygen atoms in total. The number of rotatable bonds is 6. The van der Waals surface area contributed by atoms with Gasteiger partial charge in [-0.1, -0.05) is 18.2 Å². The van der Waals surface area contributed by atoms with Crippen molar-refractivity contribution < 1.29 is 10.2 Å². The molecule has 0 amide bonds. The molecule has 0 fully saturated rings. The van der Waals surface area contributed by atoms with E-state index in [-0.39, 0.29) is 6.61 Å². The molecule has 3 rings (SSSR count). The smallest absolute Gasteiger partial charge is 0.224 e. The van der Waals surface area contributed by atoms with Gasteiger partial charge in [-0.15, -0.1) is 0 Å². The summed E-state index contributed by atoms with van der Waals surface area (Å²) in [6.07, 6.45) is 1.18. The number of hydrogen-bond acceptors (Lipinski definition) is 6. The highest BCUT2D eigenvalue weighted by atomic mass is 16.3. The average Bonchev–Trinajstić information content (AvgIpc) is 2.60. The summed E-state index contributed by atoms with van der Waals surface area (Å²) in [6, 6.07) is 8.23. The van der Waals surface area contributed by atoms with E-state index in [0.29, 0.717) is 18.9 Å². The quantitative estimate of drug-likeness (QED) is 0.698. The molecular weight excluding hydrogens is 316 g/mol. The van der Waals surface area contributed by atoms with Crippen LogP contribution >= 0.6 is 0 Å². The number of nitrogens with one attached hydrogen (secondary N) is 1. The molecule has 3 N–H and O–H groups in total. The Hall–Kier alpha value is -2.18. The molecule has 2 aromatic rings. The Bertz CT molecular complexity index is 733. The number of aliphatic hydroxyl groups is 2. The van der Waals surface area contributed by atoms with E-state index >= 15 is 0 Å². The molecule has 0 saturated carbocycles. The van der Waals surface area contributed by atoms with Gasteiger partial charge in [-0.05, 0) is 43.4 Å². The first-order valence-corrected chi connectivity index (χ1v) is 8.82. The van der Waals surface area contributed by atoms with Crippen molar-refractivity contribution in [1.29, 1.82) is 0 Å². The van der Waals surface area contributed by atoms with Crippen LogP contribution < -0.4 is 10.2 Å². The number of hydrogen-bond donors (Lipinski definition) is 3.